The van der Waals surface area contributed by atoms with E-state index in [0.29, 0.717) is 31.6 Å². The maximum Gasteiger partial charge on any atom is 0.472 e. The zero-order valence-corrected chi connectivity index (χ0v) is 62.7. The summed E-state index contributed by atoms with van der Waals surface area (Å²) in [5.74, 6) is 0.139. The summed E-state index contributed by atoms with van der Waals surface area (Å²) in [6.07, 6.45) is 53.6. The molecule has 0 aromatic rings. The lowest BCUT2D eigenvalue weighted by atomic mass is 9.99. The minimum absolute atomic E-state index is 0.0836. The molecule has 0 amide bonds. The second-order valence-electron chi connectivity index (χ2n) is 27.3. The molecule has 0 heterocycles. The molecule has 4 unspecified atom stereocenters. The van der Waals surface area contributed by atoms with E-state index in [-0.39, 0.29) is 25.7 Å². The van der Waals surface area contributed by atoms with Crippen molar-refractivity contribution in [1.82, 2.24) is 0 Å². The molecule has 0 aromatic heterocycles. The van der Waals surface area contributed by atoms with Gasteiger partial charge in [-0.15, -0.1) is 0 Å². The molecular weight excluding hydrogens is 1230 g/mol. The monoisotopic (exact) mass is 1380 g/mol. The summed E-state index contributed by atoms with van der Waals surface area (Å²) >= 11 is 0. The molecular formula is C75H142O17P2. The molecule has 19 heteroatoms. The van der Waals surface area contributed by atoms with Crippen LogP contribution in [0.25, 0.3) is 0 Å². The van der Waals surface area contributed by atoms with E-state index in [1.807, 2.05) is 0 Å². The number of phosphoric acid groups is 2. The summed E-state index contributed by atoms with van der Waals surface area (Å²) in [7, 11) is -9.92. The van der Waals surface area contributed by atoms with Crippen LogP contribution >= 0.6 is 15.6 Å². The average Bonchev–Trinajstić information content (AvgIpc) is 1.42. The molecule has 0 aliphatic heterocycles. The number of aliphatic hydroxyl groups is 1. The van der Waals surface area contributed by atoms with E-state index < -0.39 is 97.5 Å². The Labute approximate surface area is 573 Å². The molecule has 554 valence electrons. The van der Waals surface area contributed by atoms with Crippen molar-refractivity contribution in [3.63, 3.8) is 0 Å². The molecule has 0 rings (SSSR count). The van der Waals surface area contributed by atoms with Crippen molar-refractivity contribution in [2.24, 2.45) is 17.8 Å². The van der Waals surface area contributed by atoms with Crippen LogP contribution in [0, 0.1) is 17.8 Å². The van der Waals surface area contributed by atoms with Gasteiger partial charge in [-0.05, 0) is 69.1 Å². The van der Waals surface area contributed by atoms with E-state index >= 15 is 0 Å². The predicted molar refractivity (Wildman–Crippen MR) is 381 cm³/mol. The van der Waals surface area contributed by atoms with Gasteiger partial charge in [-0.3, -0.25) is 37.3 Å². The molecule has 0 radical (unpaired) electrons. The number of esters is 4. The van der Waals surface area contributed by atoms with E-state index in [1.165, 1.54) is 148 Å². The maximum absolute atomic E-state index is 13.1. The SMILES string of the molecule is CCCCCC/C=C\C=C/CCCCCCCC(=O)O[C@H](COC(=O)CCCCCCCCC(C)C)COP(=O)(O)OC[C@H](O)COP(=O)(O)OC[C@@H](COC(=O)CCCCCCCCCCCCCCCCC(C)CC)OC(=O)CCCCCCCCCCC(C)CC. The molecule has 94 heavy (non-hydrogen) atoms. The summed E-state index contributed by atoms with van der Waals surface area (Å²) in [4.78, 5) is 72.7. The van der Waals surface area contributed by atoms with Crippen LogP contribution in [0.2, 0.25) is 0 Å². The number of phosphoric ester groups is 2. The number of ether oxygens (including phenoxy) is 4. The highest BCUT2D eigenvalue weighted by Crippen LogP contribution is 2.45. The predicted octanol–water partition coefficient (Wildman–Crippen LogP) is 21.3. The highest BCUT2D eigenvalue weighted by atomic mass is 31.2. The largest absolute Gasteiger partial charge is 0.472 e. The van der Waals surface area contributed by atoms with E-state index in [9.17, 15) is 43.2 Å². The van der Waals surface area contributed by atoms with Crippen LogP contribution in [0.3, 0.4) is 0 Å². The van der Waals surface area contributed by atoms with Gasteiger partial charge in [0.05, 0.1) is 26.4 Å². The smallest absolute Gasteiger partial charge is 0.462 e. The number of hydrogen-bond acceptors (Lipinski definition) is 15. The fraction of sp³-hybridized carbons (Fsp3) is 0.893. The Kier molecular flexibility index (Phi) is 63.5. The highest BCUT2D eigenvalue weighted by molar-refractivity contribution is 7.47. The van der Waals surface area contributed by atoms with Crippen molar-refractivity contribution in [1.29, 1.82) is 0 Å². The molecule has 0 aromatic carbocycles. The quantitative estimate of drug-likeness (QED) is 0.0169. The van der Waals surface area contributed by atoms with Crippen LogP contribution < -0.4 is 0 Å². The van der Waals surface area contributed by atoms with Gasteiger partial charge >= 0.3 is 39.5 Å². The Bertz CT molecular complexity index is 1930. The van der Waals surface area contributed by atoms with Crippen LogP contribution in [-0.2, 0) is 65.4 Å². The third kappa shape index (κ3) is 65.5. The van der Waals surface area contributed by atoms with Crippen LogP contribution in [0.15, 0.2) is 24.3 Å². The maximum atomic E-state index is 13.1. The van der Waals surface area contributed by atoms with Crippen molar-refractivity contribution < 1.29 is 80.2 Å². The normalized spacial score (nSPS) is 14.8. The van der Waals surface area contributed by atoms with E-state index in [2.05, 4.69) is 72.8 Å². The van der Waals surface area contributed by atoms with Crippen LogP contribution in [0.5, 0.6) is 0 Å². The van der Waals surface area contributed by atoms with E-state index in [1.54, 1.807) is 0 Å². The van der Waals surface area contributed by atoms with Gasteiger partial charge in [-0.1, -0.05) is 304 Å². The number of hydrogen-bond donors (Lipinski definition) is 3. The van der Waals surface area contributed by atoms with Gasteiger partial charge in [-0.25, -0.2) is 9.13 Å². The summed E-state index contributed by atoms with van der Waals surface area (Å²) < 4.78 is 68.4. The van der Waals surface area contributed by atoms with Crippen LogP contribution in [0.1, 0.15) is 357 Å². The van der Waals surface area contributed by atoms with Crippen molar-refractivity contribution in [2.75, 3.05) is 39.6 Å². The number of carbonyl (C=O) groups excluding carboxylic acids is 4. The molecule has 0 aliphatic rings. The van der Waals surface area contributed by atoms with Gasteiger partial charge in [0, 0.05) is 25.7 Å². The molecule has 7 atom stereocenters. The van der Waals surface area contributed by atoms with Gasteiger partial charge in [0.25, 0.3) is 0 Å². The van der Waals surface area contributed by atoms with Crippen molar-refractivity contribution in [3.05, 3.63) is 24.3 Å². The summed E-state index contributed by atoms with van der Waals surface area (Å²) in [5, 5.41) is 10.6. The van der Waals surface area contributed by atoms with E-state index in [4.69, 9.17) is 37.0 Å². The third-order valence-electron chi connectivity index (χ3n) is 17.5. The molecule has 0 spiro atoms. The first-order chi connectivity index (χ1) is 45.3. The zero-order valence-electron chi connectivity index (χ0n) is 60.9. The van der Waals surface area contributed by atoms with Gasteiger partial charge in [-0.2, -0.15) is 0 Å². The first-order valence-electron chi connectivity index (χ1n) is 38.2. The molecule has 17 nitrogen and oxygen atoms in total. The highest BCUT2D eigenvalue weighted by Gasteiger charge is 2.30. The number of unbranched alkanes of at least 4 members (excludes halogenated alkanes) is 34. The van der Waals surface area contributed by atoms with Gasteiger partial charge in [0.1, 0.15) is 19.3 Å². The standard InChI is InChI=1S/C75H142O17P2/c1-8-11-12-13-14-15-16-17-18-23-26-29-35-44-51-58-74(79)91-71(63-86-73(78)57-50-43-38-37-39-46-53-66(4)5)65-90-94(83,84)88-61-69(76)60-87-93(81,82)89-64-70(92-75(80)59-52-45-36-31-30-33-41-48-55-68(7)10-3)62-85-72(77)56-49-42-34-28-25-22-20-19-21-24-27-32-40-47-54-67(6)9-2/h15-18,66-71,76H,8-14,19-65H2,1-7H3,(H,81,82)(H,83,84)/b16-15-,18-17-/t67?,68?,69-,70-,71-/m1/s1. The fourth-order valence-electron chi connectivity index (χ4n) is 10.8. The van der Waals surface area contributed by atoms with Crippen molar-refractivity contribution >= 4 is 39.5 Å². The molecule has 0 saturated heterocycles. The van der Waals surface area contributed by atoms with Crippen molar-refractivity contribution in [2.45, 2.75) is 375 Å². The number of rotatable bonds is 71. The molecule has 3 N–H and O–H groups in total. The second kappa shape index (κ2) is 65.2. The Balaban J connectivity index is 5.25. The number of carbonyl (C=O) groups is 4. The Morgan fingerprint density at radius 3 is 0.947 bits per heavy atom. The molecule has 0 saturated carbocycles. The minimum atomic E-state index is -4.96. The first-order valence-corrected chi connectivity index (χ1v) is 41.2. The first kappa shape index (κ1) is 91.5. The Morgan fingerprint density at radius 2 is 0.628 bits per heavy atom. The molecule has 0 fully saturated rings. The zero-order chi connectivity index (χ0) is 69.4. The topological polar surface area (TPSA) is 237 Å². The minimum Gasteiger partial charge on any atom is -0.462 e. The van der Waals surface area contributed by atoms with Crippen molar-refractivity contribution in [3.8, 4) is 0 Å². The summed E-state index contributed by atoms with van der Waals surface area (Å²) in [6.45, 7) is 11.8. The Hall–Kier alpha value is -2.46. The van der Waals surface area contributed by atoms with Gasteiger partial charge in [0.2, 0.25) is 0 Å². The molecule has 0 bridgehead atoms. The van der Waals surface area contributed by atoms with Crippen LogP contribution in [-0.4, -0.2) is 96.7 Å². The lowest BCUT2D eigenvalue weighted by Gasteiger charge is -2.21. The number of aliphatic hydroxyl groups excluding tert-OH is 1. The third-order valence-corrected chi connectivity index (χ3v) is 19.4. The fourth-order valence-corrected chi connectivity index (χ4v) is 12.4. The molecule has 0 aliphatic carbocycles. The summed E-state index contributed by atoms with van der Waals surface area (Å²) in [6, 6.07) is 0. The Morgan fingerprint density at radius 1 is 0.351 bits per heavy atom. The summed E-state index contributed by atoms with van der Waals surface area (Å²) in [5.41, 5.74) is 0. The average molecular weight is 1380 g/mol. The van der Waals surface area contributed by atoms with Gasteiger partial charge < -0.3 is 33.8 Å². The lowest BCUT2D eigenvalue weighted by Crippen LogP contribution is -2.30. The van der Waals surface area contributed by atoms with Gasteiger partial charge in [0.15, 0.2) is 12.2 Å². The lowest BCUT2D eigenvalue weighted by molar-refractivity contribution is -0.161. The van der Waals surface area contributed by atoms with E-state index in [0.717, 1.165) is 121 Å². The van der Waals surface area contributed by atoms with Crippen LogP contribution in [0.4, 0.5) is 0 Å². The second-order valence-corrected chi connectivity index (χ2v) is 30.2. The number of allylic oxidation sites excluding steroid dienone is 4.